The molecule has 0 aliphatic heterocycles. The van der Waals surface area contributed by atoms with E-state index in [-0.39, 0.29) is 0 Å². The number of rotatable bonds is 2. The van der Waals surface area contributed by atoms with Crippen molar-refractivity contribution in [3.8, 4) is 0 Å². The van der Waals surface area contributed by atoms with Crippen LogP contribution >= 0.6 is 0 Å². The Hall–Kier alpha value is -1.04. The molecule has 0 nitrogen and oxygen atoms in total. The lowest BCUT2D eigenvalue weighted by Crippen LogP contribution is -2.11. The van der Waals surface area contributed by atoms with Crippen LogP contribution < -0.4 is 0 Å². The lowest BCUT2D eigenvalue weighted by atomic mass is 9.80. The largest absolute Gasteiger partial charge is 0.0696 e. The van der Waals surface area contributed by atoms with Gasteiger partial charge in [0, 0.05) is 0 Å². The first-order valence-corrected chi connectivity index (χ1v) is 5.09. The minimum absolute atomic E-state index is 0.875. The Labute approximate surface area is 80.3 Å². The quantitative estimate of drug-likeness (QED) is 0.635. The van der Waals surface area contributed by atoms with Crippen LogP contribution in [0, 0.1) is 5.92 Å². The summed E-state index contributed by atoms with van der Waals surface area (Å²) in [4.78, 5) is 0. The van der Waals surface area contributed by atoms with Gasteiger partial charge >= 0.3 is 0 Å². The van der Waals surface area contributed by atoms with Crippen LogP contribution in [0.25, 0.3) is 6.08 Å². The summed E-state index contributed by atoms with van der Waals surface area (Å²) >= 11 is 0. The number of hydrogen-bond donors (Lipinski definition) is 0. The number of allylic oxidation sites excluding steroid dienone is 1. The standard InChI is InChI=1S/C13H16/c1-11(13-8-5-9-13)10-12-6-3-2-4-7-12/h2-4,6-7,10,13H,5,8-9H2,1H3/b11-10+. The van der Waals surface area contributed by atoms with E-state index in [1.54, 1.807) is 5.57 Å². The maximum absolute atomic E-state index is 2.32. The van der Waals surface area contributed by atoms with Crippen molar-refractivity contribution in [1.82, 2.24) is 0 Å². The van der Waals surface area contributed by atoms with Gasteiger partial charge in [0.1, 0.15) is 0 Å². The second-order valence-electron chi connectivity index (χ2n) is 3.93. The van der Waals surface area contributed by atoms with Gasteiger partial charge in [-0.05, 0) is 31.2 Å². The van der Waals surface area contributed by atoms with Gasteiger partial charge in [-0.15, -0.1) is 0 Å². The first-order valence-electron chi connectivity index (χ1n) is 5.09. The molecule has 0 heteroatoms. The van der Waals surface area contributed by atoms with Crippen molar-refractivity contribution < 1.29 is 0 Å². The summed E-state index contributed by atoms with van der Waals surface area (Å²) in [6.07, 6.45) is 6.54. The van der Waals surface area contributed by atoms with Crippen molar-refractivity contribution in [2.45, 2.75) is 26.2 Å². The van der Waals surface area contributed by atoms with Gasteiger partial charge in [0.05, 0.1) is 0 Å². The summed E-state index contributed by atoms with van der Waals surface area (Å²) in [5.41, 5.74) is 2.89. The van der Waals surface area contributed by atoms with Gasteiger partial charge in [-0.2, -0.15) is 0 Å². The van der Waals surface area contributed by atoms with Gasteiger partial charge < -0.3 is 0 Å². The van der Waals surface area contributed by atoms with Crippen LogP contribution in [0.15, 0.2) is 35.9 Å². The number of hydrogen-bond acceptors (Lipinski definition) is 0. The Morgan fingerprint density at radius 1 is 1.23 bits per heavy atom. The highest BCUT2D eigenvalue weighted by atomic mass is 14.2. The van der Waals surface area contributed by atoms with Gasteiger partial charge in [-0.1, -0.05) is 48.4 Å². The zero-order chi connectivity index (χ0) is 9.10. The molecule has 13 heavy (non-hydrogen) atoms. The fraction of sp³-hybridized carbons (Fsp3) is 0.385. The normalized spacial score (nSPS) is 18.4. The molecule has 0 amide bonds. The molecule has 0 saturated heterocycles. The van der Waals surface area contributed by atoms with E-state index in [1.807, 2.05) is 0 Å². The second-order valence-corrected chi connectivity index (χ2v) is 3.93. The molecular weight excluding hydrogens is 156 g/mol. The Bertz CT molecular complexity index is 291. The molecule has 0 atom stereocenters. The molecule has 0 radical (unpaired) electrons. The third kappa shape index (κ3) is 2.00. The minimum atomic E-state index is 0.875. The highest BCUT2D eigenvalue weighted by Crippen LogP contribution is 2.33. The first kappa shape index (κ1) is 8.55. The Kier molecular flexibility index (Phi) is 2.49. The fourth-order valence-electron chi connectivity index (χ4n) is 1.79. The van der Waals surface area contributed by atoms with Crippen LogP contribution in [0.5, 0.6) is 0 Å². The summed E-state index contributed by atoms with van der Waals surface area (Å²) in [5.74, 6) is 0.875. The molecule has 0 aromatic heterocycles. The lowest BCUT2D eigenvalue weighted by Gasteiger charge is -2.26. The summed E-state index contributed by atoms with van der Waals surface area (Å²) in [7, 11) is 0. The maximum atomic E-state index is 2.32. The predicted octanol–water partition coefficient (Wildman–Crippen LogP) is 3.89. The van der Waals surface area contributed by atoms with E-state index in [0.717, 1.165) is 5.92 Å². The van der Waals surface area contributed by atoms with Crippen LogP contribution in [-0.4, -0.2) is 0 Å². The average molecular weight is 172 g/mol. The van der Waals surface area contributed by atoms with Gasteiger partial charge in [0.25, 0.3) is 0 Å². The zero-order valence-electron chi connectivity index (χ0n) is 8.16. The minimum Gasteiger partial charge on any atom is -0.0696 e. The molecule has 1 fully saturated rings. The van der Waals surface area contributed by atoms with Crippen LogP contribution in [0.3, 0.4) is 0 Å². The van der Waals surface area contributed by atoms with E-state index in [0.29, 0.717) is 0 Å². The van der Waals surface area contributed by atoms with Crippen LogP contribution in [0.1, 0.15) is 31.7 Å². The van der Waals surface area contributed by atoms with Gasteiger partial charge in [0.2, 0.25) is 0 Å². The highest BCUT2D eigenvalue weighted by molar-refractivity contribution is 5.52. The Balaban J connectivity index is 2.10. The Morgan fingerprint density at radius 2 is 1.92 bits per heavy atom. The molecule has 0 spiro atoms. The molecule has 0 bridgehead atoms. The van der Waals surface area contributed by atoms with E-state index in [9.17, 15) is 0 Å². The molecule has 1 aliphatic carbocycles. The van der Waals surface area contributed by atoms with Crippen molar-refractivity contribution in [1.29, 1.82) is 0 Å². The molecule has 0 N–H and O–H groups in total. The van der Waals surface area contributed by atoms with Crippen molar-refractivity contribution >= 4 is 6.08 Å². The average Bonchev–Trinajstić information content (AvgIpc) is 2.02. The van der Waals surface area contributed by atoms with Crippen molar-refractivity contribution in [2.75, 3.05) is 0 Å². The lowest BCUT2D eigenvalue weighted by molar-refractivity contribution is 0.370. The molecule has 1 aromatic carbocycles. The number of benzene rings is 1. The van der Waals surface area contributed by atoms with Crippen LogP contribution in [0.2, 0.25) is 0 Å². The van der Waals surface area contributed by atoms with E-state index >= 15 is 0 Å². The summed E-state index contributed by atoms with van der Waals surface area (Å²) < 4.78 is 0. The Morgan fingerprint density at radius 3 is 2.46 bits per heavy atom. The van der Waals surface area contributed by atoms with Gasteiger partial charge in [0.15, 0.2) is 0 Å². The molecule has 2 rings (SSSR count). The third-order valence-electron chi connectivity index (χ3n) is 2.94. The van der Waals surface area contributed by atoms with E-state index in [1.165, 1.54) is 24.8 Å². The monoisotopic (exact) mass is 172 g/mol. The molecule has 0 unspecified atom stereocenters. The van der Waals surface area contributed by atoms with Crippen molar-refractivity contribution in [2.24, 2.45) is 5.92 Å². The summed E-state index contributed by atoms with van der Waals surface area (Å²) in [5, 5.41) is 0. The van der Waals surface area contributed by atoms with Crippen LogP contribution in [-0.2, 0) is 0 Å². The zero-order valence-corrected chi connectivity index (χ0v) is 8.16. The molecule has 1 saturated carbocycles. The van der Waals surface area contributed by atoms with E-state index in [2.05, 4.69) is 43.3 Å². The molecule has 1 aromatic rings. The van der Waals surface area contributed by atoms with Crippen molar-refractivity contribution in [3.63, 3.8) is 0 Å². The van der Waals surface area contributed by atoms with E-state index < -0.39 is 0 Å². The molecule has 1 aliphatic rings. The van der Waals surface area contributed by atoms with Gasteiger partial charge in [-0.25, -0.2) is 0 Å². The van der Waals surface area contributed by atoms with Crippen LogP contribution in [0.4, 0.5) is 0 Å². The van der Waals surface area contributed by atoms with Crippen molar-refractivity contribution in [3.05, 3.63) is 41.5 Å². The second kappa shape index (κ2) is 3.78. The summed E-state index contributed by atoms with van der Waals surface area (Å²) in [6.45, 7) is 2.26. The smallest absolute Gasteiger partial charge is 0.0203 e. The fourth-order valence-corrected chi connectivity index (χ4v) is 1.79. The van der Waals surface area contributed by atoms with E-state index in [4.69, 9.17) is 0 Å². The topological polar surface area (TPSA) is 0 Å². The molecule has 0 heterocycles. The van der Waals surface area contributed by atoms with Gasteiger partial charge in [-0.3, -0.25) is 0 Å². The third-order valence-corrected chi connectivity index (χ3v) is 2.94. The predicted molar refractivity (Wildman–Crippen MR) is 57.4 cm³/mol. The molecule has 68 valence electrons. The maximum Gasteiger partial charge on any atom is -0.0203 e. The first-order chi connectivity index (χ1) is 6.36. The summed E-state index contributed by atoms with van der Waals surface area (Å²) in [6, 6.07) is 10.6. The highest BCUT2D eigenvalue weighted by Gasteiger charge is 2.18. The molecular formula is C13H16. The SMILES string of the molecule is C/C(=C\c1ccccc1)C1CCC1.